The summed E-state index contributed by atoms with van der Waals surface area (Å²) >= 11 is 0. The van der Waals surface area contributed by atoms with Crippen LogP contribution in [0.3, 0.4) is 0 Å². The second kappa shape index (κ2) is 7.99. The molecular formula is C22H17IrN6-. The molecule has 29 heavy (non-hydrogen) atoms. The van der Waals surface area contributed by atoms with E-state index in [4.69, 9.17) is 4.98 Å². The number of benzene rings is 2. The average Bonchev–Trinajstić information content (AvgIpc) is 3.48. The van der Waals surface area contributed by atoms with Crippen LogP contribution < -0.4 is 0 Å². The van der Waals surface area contributed by atoms with Crippen LogP contribution in [0, 0.1) is 6.20 Å². The minimum absolute atomic E-state index is 0. The first-order valence-corrected chi connectivity index (χ1v) is 8.96. The van der Waals surface area contributed by atoms with Crippen molar-refractivity contribution in [3.8, 4) is 34.4 Å². The molecule has 6 nitrogen and oxygen atoms in total. The number of hydrogen-bond donors (Lipinski definition) is 0. The largest absolute Gasteiger partial charge is 0.420 e. The monoisotopic (exact) mass is 558 g/mol. The van der Waals surface area contributed by atoms with E-state index in [1.807, 2.05) is 61.8 Å². The Kier molecular flexibility index (Phi) is 5.25. The van der Waals surface area contributed by atoms with Crippen LogP contribution in [0.1, 0.15) is 0 Å². The first kappa shape index (κ1) is 19.1. The molecule has 5 rings (SSSR count). The number of hydrogen-bond acceptors (Lipinski definition) is 3. The van der Waals surface area contributed by atoms with E-state index in [1.54, 1.807) is 9.25 Å². The Morgan fingerprint density at radius 2 is 1.52 bits per heavy atom. The maximum Gasteiger partial charge on any atom is 0.225 e. The van der Waals surface area contributed by atoms with E-state index in [2.05, 4.69) is 45.1 Å². The van der Waals surface area contributed by atoms with E-state index in [0.717, 1.165) is 22.5 Å². The molecule has 5 aromatic rings. The van der Waals surface area contributed by atoms with Crippen molar-refractivity contribution >= 4 is 0 Å². The summed E-state index contributed by atoms with van der Waals surface area (Å²) in [4.78, 5) is 9.36. The van der Waals surface area contributed by atoms with Gasteiger partial charge in [-0.2, -0.15) is 11.2 Å². The van der Waals surface area contributed by atoms with Crippen LogP contribution in [0.5, 0.6) is 0 Å². The van der Waals surface area contributed by atoms with Crippen molar-refractivity contribution in [3.63, 3.8) is 0 Å². The van der Waals surface area contributed by atoms with E-state index in [1.165, 1.54) is 6.33 Å². The van der Waals surface area contributed by atoms with Gasteiger partial charge in [-0.1, -0.05) is 66.9 Å². The van der Waals surface area contributed by atoms with Crippen molar-refractivity contribution in [2.75, 3.05) is 0 Å². The van der Waals surface area contributed by atoms with Gasteiger partial charge in [0.2, 0.25) is 5.95 Å². The molecule has 3 aromatic heterocycles. The third-order valence-electron chi connectivity index (χ3n) is 4.65. The van der Waals surface area contributed by atoms with Gasteiger partial charge in [-0.05, 0) is 0 Å². The first-order valence-electron chi connectivity index (χ1n) is 8.96. The molecule has 7 heteroatoms. The molecule has 0 saturated heterocycles. The zero-order chi connectivity index (χ0) is 18.9. The van der Waals surface area contributed by atoms with Gasteiger partial charge in [0, 0.05) is 38.3 Å². The standard InChI is InChI=1S/C22H17N6.Ir/c1-26-20(18-12-6-3-7-13-18)19(17-10-4-2-5-11-17)25-22(26)28-21(23-16-24-28)27-14-8-9-15-27;/h2-14,16H,1H3;/q-1;. The third-order valence-corrected chi connectivity index (χ3v) is 4.65. The number of nitrogens with zero attached hydrogens (tertiary/aromatic N) is 6. The molecule has 2 aromatic carbocycles. The summed E-state index contributed by atoms with van der Waals surface area (Å²) in [5.74, 6) is 1.32. The van der Waals surface area contributed by atoms with E-state index < -0.39 is 0 Å². The van der Waals surface area contributed by atoms with Crippen molar-refractivity contribution in [2.45, 2.75) is 0 Å². The zero-order valence-corrected chi connectivity index (χ0v) is 18.0. The van der Waals surface area contributed by atoms with Gasteiger partial charge in [-0.3, -0.25) is 0 Å². The molecular weight excluding hydrogens is 541 g/mol. The van der Waals surface area contributed by atoms with Gasteiger partial charge in [0.1, 0.15) is 6.33 Å². The van der Waals surface area contributed by atoms with E-state index in [-0.39, 0.29) is 20.1 Å². The minimum Gasteiger partial charge on any atom is -0.420 e. The zero-order valence-electron chi connectivity index (χ0n) is 15.6. The molecule has 0 saturated carbocycles. The van der Waals surface area contributed by atoms with E-state index in [9.17, 15) is 0 Å². The molecule has 1 radical (unpaired) electrons. The number of imidazole rings is 1. The summed E-state index contributed by atoms with van der Waals surface area (Å²) in [6.45, 7) is 0. The maximum absolute atomic E-state index is 4.97. The topological polar surface area (TPSA) is 53.5 Å². The van der Waals surface area contributed by atoms with E-state index in [0.29, 0.717) is 11.9 Å². The van der Waals surface area contributed by atoms with Gasteiger partial charge in [-0.25, -0.2) is 14.6 Å². The molecule has 145 valence electrons. The second-order valence-electron chi connectivity index (χ2n) is 6.38. The van der Waals surface area contributed by atoms with Crippen molar-refractivity contribution in [3.05, 3.63) is 91.5 Å². The molecule has 0 unspecified atom stereocenters. The minimum atomic E-state index is 0. The van der Waals surface area contributed by atoms with Crippen molar-refractivity contribution < 1.29 is 20.1 Å². The molecule has 0 bridgehead atoms. The Bertz CT molecular complexity index is 1210. The SMILES string of the molecule is Cn1c(-n2ncnc2-n2[c-]ccc2)nc(-c2ccccc2)c1-c1ccccc1.[Ir]. The summed E-state index contributed by atoms with van der Waals surface area (Å²) < 4.78 is 5.58. The van der Waals surface area contributed by atoms with E-state index >= 15 is 0 Å². The third kappa shape index (κ3) is 3.35. The molecule has 0 aliphatic heterocycles. The quantitative estimate of drug-likeness (QED) is 0.315. The van der Waals surface area contributed by atoms with Crippen LogP contribution in [-0.4, -0.2) is 28.9 Å². The van der Waals surface area contributed by atoms with Gasteiger partial charge in [-0.15, -0.1) is 12.3 Å². The number of aromatic nitrogens is 6. The molecule has 0 aliphatic carbocycles. The van der Waals surface area contributed by atoms with Crippen molar-refractivity contribution in [2.24, 2.45) is 7.05 Å². The average molecular weight is 558 g/mol. The normalized spacial score (nSPS) is 10.7. The molecule has 0 N–H and O–H groups in total. The van der Waals surface area contributed by atoms with Crippen molar-refractivity contribution in [1.29, 1.82) is 0 Å². The van der Waals surface area contributed by atoms with Crippen LogP contribution in [0.25, 0.3) is 34.4 Å². The fourth-order valence-electron chi connectivity index (χ4n) is 3.36. The Hall–Kier alpha value is -3.28. The summed E-state index contributed by atoms with van der Waals surface area (Å²) in [5.41, 5.74) is 4.08. The predicted molar refractivity (Wildman–Crippen MR) is 107 cm³/mol. The van der Waals surface area contributed by atoms with Crippen LogP contribution in [0.2, 0.25) is 0 Å². The summed E-state index contributed by atoms with van der Waals surface area (Å²) in [6, 6.07) is 24.2. The maximum atomic E-state index is 4.97. The summed E-state index contributed by atoms with van der Waals surface area (Å²) in [7, 11) is 2.00. The Balaban J connectivity index is 0.00000205. The summed E-state index contributed by atoms with van der Waals surface area (Å²) in [5, 5.41) is 4.43. The van der Waals surface area contributed by atoms with Gasteiger partial charge in [0.15, 0.2) is 5.95 Å². The van der Waals surface area contributed by atoms with Gasteiger partial charge < -0.3 is 9.13 Å². The van der Waals surface area contributed by atoms with Crippen LogP contribution >= 0.6 is 0 Å². The molecule has 0 spiro atoms. The van der Waals surface area contributed by atoms with Crippen LogP contribution in [-0.2, 0) is 27.2 Å². The molecule has 0 aliphatic rings. The number of rotatable bonds is 4. The Morgan fingerprint density at radius 3 is 2.17 bits per heavy atom. The van der Waals surface area contributed by atoms with Gasteiger partial charge in [0.05, 0.1) is 11.4 Å². The second-order valence-corrected chi connectivity index (χ2v) is 6.38. The van der Waals surface area contributed by atoms with Crippen LogP contribution in [0.15, 0.2) is 85.3 Å². The summed E-state index contributed by atoms with van der Waals surface area (Å²) in [6.07, 6.45) is 6.53. The van der Waals surface area contributed by atoms with Crippen LogP contribution in [0.4, 0.5) is 0 Å². The molecule has 3 heterocycles. The fourth-order valence-corrected chi connectivity index (χ4v) is 3.36. The Morgan fingerprint density at radius 1 is 0.828 bits per heavy atom. The van der Waals surface area contributed by atoms with Crippen molar-refractivity contribution in [1.82, 2.24) is 28.9 Å². The molecule has 0 amide bonds. The Labute approximate surface area is 181 Å². The predicted octanol–water partition coefficient (Wildman–Crippen LogP) is 3.92. The molecule has 0 fully saturated rings. The first-order chi connectivity index (χ1) is 13.8. The smallest absolute Gasteiger partial charge is 0.225 e. The van der Waals surface area contributed by atoms with Gasteiger partial charge in [0.25, 0.3) is 0 Å². The fraction of sp³-hybridized carbons (Fsp3) is 0.0455. The van der Waals surface area contributed by atoms with Gasteiger partial charge >= 0.3 is 0 Å². The molecule has 0 atom stereocenters.